The summed E-state index contributed by atoms with van der Waals surface area (Å²) in [4.78, 5) is 4.04. The monoisotopic (exact) mass is 307 g/mol. The lowest BCUT2D eigenvalue weighted by Gasteiger charge is -2.15. The Labute approximate surface area is 114 Å². The quantitative estimate of drug-likeness (QED) is 0.913. The number of ether oxygens (including phenoxy) is 1. The summed E-state index contributed by atoms with van der Waals surface area (Å²) in [6.07, 6.45) is 1.65. The van der Waals surface area contributed by atoms with E-state index in [1.165, 1.54) is 0 Å². The van der Waals surface area contributed by atoms with Crippen LogP contribution < -0.4 is 16.2 Å². The third-order valence-electron chi connectivity index (χ3n) is 2.74. The summed E-state index contributed by atoms with van der Waals surface area (Å²) in [6, 6.07) is 9.11. The second kappa shape index (κ2) is 5.37. The third-order valence-corrected chi connectivity index (χ3v) is 3.36. The molecule has 0 aliphatic carbocycles. The van der Waals surface area contributed by atoms with Gasteiger partial charge in [0.25, 0.3) is 0 Å². The predicted octanol–water partition coefficient (Wildman–Crippen LogP) is 2.48. The van der Waals surface area contributed by atoms with Crippen LogP contribution in [-0.4, -0.2) is 12.1 Å². The number of nitrogens with two attached hydrogens (primary N) is 2. The minimum absolute atomic E-state index is 0.305. The van der Waals surface area contributed by atoms with Crippen molar-refractivity contribution in [3.8, 4) is 5.75 Å². The van der Waals surface area contributed by atoms with Gasteiger partial charge < -0.3 is 16.2 Å². The molecule has 1 atom stereocenters. The Balaban J connectivity index is 2.37. The molecule has 0 spiro atoms. The highest BCUT2D eigenvalue weighted by atomic mass is 79.9. The number of nitrogens with zero attached hydrogens (tertiary/aromatic N) is 1. The first-order valence-electron chi connectivity index (χ1n) is 5.43. The Morgan fingerprint density at radius 3 is 2.72 bits per heavy atom. The van der Waals surface area contributed by atoms with Crippen molar-refractivity contribution in [1.29, 1.82) is 0 Å². The zero-order chi connectivity index (χ0) is 13.1. The van der Waals surface area contributed by atoms with Crippen molar-refractivity contribution in [3.63, 3.8) is 0 Å². The van der Waals surface area contributed by atoms with Crippen LogP contribution in [0.2, 0.25) is 0 Å². The summed E-state index contributed by atoms with van der Waals surface area (Å²) < 4.78 is 6.05. The van der Waals surface area contributed by atoms with E-state index in [2.05, 4.69) is 20.9 Å². The molecule has 0 radical (unpaired) electrons. The molecule has 5 heteroatoms. The van der Waals surface area contributed by atoms with Crippen LogP contribution in [0.4, 0.5) is 5.82 Å². The molecule has 4 nitrogen and oxygen atoms in total. The molecule has 0 aliphatic heterocycles. The SMILES string of the molecule is COc1ccc(C(N)c2cccnc2N)cc1Br. The van der Waals surface area contributed by atoms with Crippen molar-refractivity contribution in [1.82, 2.24) is 4.98 Å². The fourth-order valence-electron chi connectivity index (χ4n) is 1.75. The summed E-state index contributed by atoms with van der Waals surface area (Å²) in [5, 5.41) is 0. The smallest absolute Gasteiger partial charge is 0.133 e. The number of benzene rings is 1. The fraction of sp³-hybridized carbons (Fsp3) is 0.154. The highest BCUT2D eigenvalue weighted by Gasteiger charge is 2.13. The number of nitrogen functional groups attached to an aromatic ring is 1. The van der Waals surface area contributed by atoms with E-state index in [-0.39, 0.29) is 6.04 Å². The molecule has 0 aliphatic rings. The van der Waals surface area contributed by atoms with Gasteiger partial charge in [0.15, 0.2) is 0 Å². The van der Waals surface area contributed by atoms with Gasteiger partial charge in [-0.15, -0.1) is 0 Å². The molecular weight excluding hydrogens is 294 g/mol. The first-order valence-corrected chi connectivity index (χ1v) is 6.22. The number of aromatic nitrogens is 1. The number of pyridine rings is 1. The highest BCUT2D eigenvalue weighted by molar-refractivity contribution is 9.10. The predicted molar refractivity (Wildman–Crippen MR) is 75.4 cm³/mol. The molecule has 0 saturated carbocycles. The summed E-state index contributed by atoms with van der Waals surface area (Å²) in [6.45, 7) is 0. The zero-order valence-corrected chi connectivity index (χ0v) is 11.5. The molecule has 0 bridgehead atoms. The van der Waals surface area contributed by atoms with E-state index >= 15 is 0 Å². The highest BCUT2D eigenvalue weighted by Crippen LogP contribution is 2.30. The largest absolute Gasteiger partial charge is 0.496 e. The first kappa shape index (κ1) is 12.9. The molecule has 2 aromatic rings. The van der Waals surface area contributed by atoms with Crippen LogP contribution in [0.1, 0.15) is 17.2 Å². The van der Waals surface area contributed by atoms with Gasteiger partial charge in [-0.1, -0.05) is 12.1 Å². The Hall–Kier alpha value is -1.59. The molecule has 18 heavy (non-hydrogen) atoms. The number of hydrogen-bond acceptors (Lipinski definition) is 4. The van der Waals surface area contributed by atoms with Gasteiger partial charge in [-0.2, -0.15) is 0 Å². The average molecular weight is 308 g/mol. The summed E-state index contributed by atoms with van der Waals surface area (Å²) in [5.74, 6) is 1.22. The van der Waals surface area contributed by atoms with E-state index in [4.69, 9.17) is 16.2 Å². The number of methoxy groups -OCH3 is 1. The van der Waals surface area contributed by atoms with Crippen molar-refractivity contribution in [2.45, 2.75) is 6.04 Å². The molecule has 0 saturated heterocycles. The van der Waals surface area contributed by atoms with Crippen molar-refractivity contribution in [3.05, 3.63) is 52.1 Å². The Morgan fingerprint density at radius 2 is 2.11 bits per heavy atom. The molecular formula is C13H14BrN3O. The second-order valence-electron chi connectivity index (χ2n) is 3.85. The lowest BCUT2D eigenvalue weighted by atomic mass is 10.0. The maximum atomic E-state index is 6.20. The molecule has 1 unspecified atom stereocenters. The number of halogens is 1. The van der Waals surface area contributed by atoms with E-state index in [1.54, 1.807) is 13.3 Å². The van der Waals surface area contributed by atoms with Gasteiger partial charge in [0.2, 0.25) is 0 Å². The second-order valence-corrected chi connectivity index (χ2v) is 4.70. The number of hydrogen-bond donors (Lipinski definition) is 2. The molecule has 4 N–H and O–H groups in total. The van der Waals surface area contributed by atoms with Gasteiger partial charge in [-0.05, 0) is 39.7 Å². The third kappa shape index (κ3) is 2.47. The van der Waals surface area contributed by atoms with Gasteiger partial charge in [0, 0.05) is 11.8 Å². The molecule has 1 aromatic heterocycles. The molecule has 1 heterocycles. The van der Waals surface area contributed by atoms with Gasteiger partial charge in [0.05, 0.1) is 17.6 Å². The number of rotatable bonds is 3. The Morgan fingerprint density at radius 1 is 1.33 bits per heavy atom. The maximum Gasteiger partial charge on any atom is 0.133 e. The zero-order valence-electron chi connectivity index (χ0n) is 9.93. The molecule has 0 amide bonds. The molecule has 94 valence electrons. The lowest BCUT2D eigenvalue weighted by Crippen LogP contribution is -2.14. The van der Waals surface area contributed by atoms with E-state index < -0.39 is 0 Å². The van der Waals surface area contributed by atoms with Crippen LogP contribution in [0.5, 0.6) is 5.75 Å². The molecule has 0 fully saturated rings. The van der Waals surface area contributed by atoms with Gasteiger partial charge >= 0.3 is 0 Å². The van der Waals surface area contributed by atoms with Crippen molar-refractivity contribution in [2.75, 3.05) is 12.8 Å². The van der Waals surface area contributed by atoms with Crippen LogP contribution in [0.25, 0.3) is 0 Å². The fourth-order valence-corrected chi connectivity index (χ4v) is 2.31. The van der Waals surface area contributed by atoms with Crippen molar-refractivity contribution < 1.29 is 4.74 Å². The van der Waals surface area contributed by atoms with Gasteiger partial charge in [-0.3, -0.25) is 0 Å². The minimum atomic E-state index is -0.305. The first-order chi connectivity index (χ1) is 8.63. The molecule has 2 rings (SSSR count). The summed E-state index contributed by atoms with van der Waals surface area (Å²) in [7, 11) is 1.62. The van der Waals surface area contributed by atoms with Gasteiger partial charge in [-0.25, -0.2) is 4.98 Å². The number of anilines is 1. The van der Waals surface area contributed by atoms with Crippen LogP contribution in [-0.2, 0) is 0 Å². The minimum Gasteiger partial charge on any atom is -0.496 e. The van der Waals surface area contributed by atoms with E-state index in [0.29, 0.717) is 5.82 Å². The molecule has 1 aromatic carbocycles. The maximum absolute atomic E-state index is 6.20. The Kier molecular flexibility index (Phi) is 3.84. The summed E-state index contributed by atoms with van der Waals surface area (Å²) >= 11 is 3.44. The van der Waals surface area contributed by atoms with Crippen LogP contribution in [0.15, 0.2) is 41.0 Å². The topological polar surface area (TPSA) is 74.2 Å². The normalized spacial score (nSPS) is 12.2. The van der Waals surface area contributed by atoms with Crippen molar-refractivity contribution in [2.24, 2.45) is 5.73 Å². The van der Waals surface area contributed by atoms with E-state index in [0.717, 1.165) is 21.3 Å². The van der Waals surface area contributed by atoms with Crippen LogP contribution in [0.3, 0.4) is 0 Å². The van der Waals surface area contributed by atoms with Gasteiger partial charge in [0.1, 0.15) is 11.6 Å². The average Bonchev–Trinajstić information content (AvgIpc) is 2.38. The van der Waals surface area contributed by atoms with E-state index in [1.807, 2.05) is 30.3 Å². The summed E-state index contributed by atoms with van der Waals surface area (Å²) in [5.41, 5.74) is 13.8. The lowest BCUT2D eigenvalue weighted by molar-refractivity contribution is 0.412. The van der Waals surface area contributed by atoms with Crippen LogP contribution in [0, 0.1) is 0 Å². The van der Waals surface area contributed by atoms with Crippen molar-refractivity contribution >= 4 is 21.7 Å². The Bertz CT molecular complexity index is 560. The standard InChI is InChI=1S/C13H14BrN3O/c1-18-11-5-4-8(7-10(11)14)12(15)9-3-2-6-17-13(9)16/h2-7,12H,15H2,1H3,(H2,16,17). The van der Waals surface area contributed by atoms with E-state index in [9.17, 15) is 0 Å². The van der Waals surface area contributed by atoms with Crippen LogP contribution >= 0.6 is 15.9 Å².